The van der Waals surface area contributed by atoms with Gasteiger partial charge in [0.15, 0.2) is 0 Å². The molecule has 1 heterocycles. The third-order valence-corrected chi connectivity index (χ3v) is 2.87. The van der Waals surface area contributed by atoms with Gasteiger partial charge in [0.25, 0.3) is 0 Å². The van der Waals surface area contributed by atoms with Crippen molar-refractivity contribution in [3.05, 3.63) is 0 Å². The quantitative estimate of drug-likeness (QED) is 0.525. The number of nitrogens with two attached hydrogens (primary N) is 1. The average molecular weight is 224 g/mol. The van der Waals surface area contributed by atoms with Gasteiger partial charge in [-0.25, -0.2) is 0 Å². The van der Waals surface area contributed by atoms with Crippen LogP contribution in [0.2, 0.25) is 0 Å². The minimum Gasteiger partial charge on any atom is -0.381 e. The smallest absolute Gasteiger partial charge is 0.240 e. The van der Waals surface area contributed by atoms with Crippen LogP contribution in [0.15, 0.2) is 0 Å². The van der Waals surface area contributed by atoms with Gasteiger partial charge in [-0.15, -0.1) is 12.3 Å². The molecule has 0 spiro atoms. The van der Waals surface area contributed by atoms with E-state index in [4.69, 9.17) is 16.9 Å². The monoisotopic (exact) mass is 224 g/mol. The number of hydrogen-bond acceptors (Lipinski definition) is 3. The number of nitrogens with one attached hydrogen (secondary N) is 1. The van der Waals surface area contributed by atoms with Gasteiger partial charge in [0.1, 0.15) is 0 Å². The van der Waals surface area contributed by atoms with E-state index in [1.54, 1.807) is 0 Å². The highest BCUT2D eigenvalue weighted by atomic mass is 16.5. The Hall–Kier alpha value is -1.05. The summed E-state index contributed by atoms with van der Waals surface area (Å²) in [6.45, 7) is 1.79. The van der Waals surface area contributed by atoms with Gasteiger partial charge in [-0.2, -0.15) is 0 Å². The fraction of sp³-hybridized carbons (Fsp3) is 0.750. The lowest BCUT2D eigenvalue weighted by molar-refractivity contribution is -0.129. The van der Waals surface area contributed by atoms with Gasteiger partial charge >= 0.3 is 0 Å². The van der Waals surface area contributed by atoms with Crippen molar-refractivity contribution in [3.8, 4) is 12.3 Å². The Bertz CT molecular complexity index is 265. The van der Waals surface area contributed by atoms with E-state index in [-0.39, 0.29) is 5.91 Å². The molecule has 1 amide bonds. The second kappa shape index (κ2) is 6.51. The standard InChI is InChI=1S/C12H20N2O2/c1-2-3-4-5-8-14-11(15)12(13)6-9-16-10-7-12/h1H,3-10,13H2,(H,14,15). The summed E-state index contributed by atoms with van der Waals surface area (Å²) in [4.78, 5) is 11.8. The highest BCUT2D eigenvalue weighted by Gasteiger charge is 2.35. The third-order valence-electron chi connectivity index (χ3n) is 2.87. The number of carbonyl (C=O) groups is 1. The van der Waals surface area contributed by atoms with Gasteiger partial charge in [-0.3, -0.25) is 4.79 Å². The van der Waals surface area contributed by atoms with E-state index in [9.17, 15) is 4.79 Å². The van der Waals surface area contributed by atoms with Crippen molar-refractivity contribution < 1.29 is 9.53 Å². The molecule has 0 bridgehead atoms. The molecule has 1 saturated heterocycles. The molecule has 16 heavy (non-hydrogen) atoms. The lowest BCUT2D eigenvalue weighted by Crippen LogP contribution is -2.57. The van der Waals surface area contributed by atoms with Gasteiger partial charge in [-0.1, -0.05) is 0 Å². The zero-order valence-electron chi connectivity index (χ0n) is 9.63. The maximum Gasteiger partial charge on any atom is 0.240 e. The Labute approximate surface area is 96.9 Å². The molecular formula is C12H20N2O2. The van der Waals surface area contributed by atoms with Crippen molar-refractivity contribution >= 4 is 5.91 Å². The first-order valence-corrected chi connectivity index (χ1v) is 5.77. The molecule has 0 unspecified atom stereocenters. The molecule has 1 aliphatic heterocycles. The predicted molar refractivity (Wildman–Crippen MR) is 62.7 cm³/mol. The first-order valence-electron chi connectivity index (χ1n) is 5.77. The maximum absolute atomic E-state index is 11.8. The minimum absolute atomic E-state index is 0.0588. The predicted octanol–water partition coefficient (Wildman–Crippen LogP) is 0.414. The Morgan fingerprint density at radius 3 is 2.75 bits per heavy atom. The van der Waals surface area contributed by atoms with Crippen LogP contribution in [0, 0.1) is 12.3 Å². The molecule has 1 fully saturated rings. The number of unbranched alkanes of at least 4 members (excludes halogenated alkanes) is 2. The number of carbonyl (C=O) groups excluding carboxylic acids is 1. The largest absolute Gasteiger partial charge is 0.381 e. The Kier molecular flexibility index (Phi) is 5.30. The van der Waals surface area contributed by atoms with E-state index in [0.29, 0.717) is 32.6 Å². The SMILES string of the molecule is C#CCCCCNC(=O)C1(N)CCOCC1. The molecule has 1 rings (SSSR count). The van der Waals surface area contributed by atoms with Crippen molar-refractivity contribution in [1.29, 1.82) is 0 Å². The maximum atomic E-state index is 11.8. The van der Waals surface area contributed by atoms with Crippen molar-refractivity contribution in [3.63, 3.8) is 0 Å². The summed E-state index contributed by atoms with van der Waals surface area (Å²) in [7, 11) is 0. The summed E-state index contributed by atoms with van der Waals surface area (Å²) < 4.78 is 5.19. The zero-order valence-corrected chi connectivity index (χ0v) is 9.63. The molecule has 0 aromatic rings. The summed E-state index contributed by atoms with van der Waals surface area (Å²) in [5, 5.41) is 2.86. The lowest BCUT2D eigenvalue weighted by atomic mass is 9.90. The summed E-state index contributed by atoms with van der Waals surface area (Å²) in [6.07, 6.45) is 8.95. The van der Waals surface area contributed by atoms with E-state index in [2.05, 4.69) is 11.2 Å². The van der Waals surface area contributed by atoms with Crippen LogP contribution in [0.5, 0.6) is 0 Å². The molecule has 3 N–H and O–H groups in total. The van der Waals surface area contributed by atoms with Crippen LogP contribution in [-0.2, 0) is 9.53 Å². The minimum atomic E-state index is -0.732. The molecule has 4 nitrogen and oxygen atoms in total. The Morgan fingerprint density at radius 2 is 2.12 bits per heavy atom. The number of ether oxygens (including phenoxy) is 1. The topological polar surface area (TPSA) is 64.4 Å². The molecule has 1 aliphatic rings. The highest BCUT2D eigenvalue weighted by molar-refractivity contribution is 5.86. The van der Waals surface area contributed by atoms with E-state index in [0.717, 1.165) is 19.3 Å². The van der Waals surface area contributed by atoms with Gasteiger partial charge in [-0.05, 0) is 25.7 Å². The van der Waals surface area contributed by atoms with Gasteiger partial charge < -0.3 is 15.8 Å². The van der Waals surface area contributed by atoms with Crippen LogP contribution in [0.1, 0.15) is 32.1 Å². The van der Waals surface area contributed by atoms with Crippen molar-refractivity contribution in [2.75, 3.05) is 19.8 Å². The number of terminal acetylenes is 1. The van der Waals surface area contributed by atoms with E-state index in [1.165, 1.54) is 0 Å². The first kappa shape index (κ1) is 13.0. The Balaban J connectivity index is 2.21. The second-order valence-corrected chi connectivity index (χ2v) is 4.19. The van der Waals surface area contributed by atoms with Crippen LogP contribution >= 0.6 is 0 Å². The van der Waals surface area contributed by atoms with Crippen molar-refractivity contribution in [2.24, 2.45) is 5.73 Å². The van der Waals surface area contributed by atoms with Crippen LogP contribution in [0.4, 0.5) is 0 Å². The first-order chi connectivity index (χ1) is 7.69. The molecule has 0 atom stereocenters. The van der Waals surface area contributed by atoms with Crippen LogP contribution in [0.25, 0.3) is 0 Å². The molecule has 90 valence electrons. The van der Waals surface area contributed by atoms with E-state index < -0.39 is 5.54 Å². The average Bonchev–Trinajstić information content (AvgIpc) is 2.29. The fourth-order valence-electron chi connectivity index (χ4n) is 1.69. The zero-order chi connectivity index (χ0) is 11.9. The van der Waals surface area contributed by atoms with Crippen LogP contribution < -0.4 is 11.1 Å². The number of amides is 1. The fourth-order valence-corrected chi connectivity index (χ4v) is 1.69. The molecule has 0 aromatic carbocycles. The highest BCUT2D eigenvalue weighted by Crippen LogP contribution is 2.17. The van der Waals surface area contributed by atoms with Crippen molar-refractivity contribution in [2.45, 2.75) is 37.6 Å². The summed E-state index contributed by atoms with van der Waals surface area (Å²) in [5.41, 5.74) is 5.29. The number of hydrogen-bond donors (Lipinski definition) is 2. The molecule has 4 heteroatoms. The molecule has 0 aromatic heterocycles. The molecule has 0 aliphatic carbocycles. The van der Waals surface area contributed by atoms with Crippen molar-refractivity contribution in [1.82, 2.24) is 5.32 Å². The summed E-state index contributed by atoms with van der Waals surface area (Å²) >= 11 is 0. The molecular weight excluding hydrogens is 204 g/mol. The summed E-state index contributed by atoms with van der Waals surface area (Å²) in [6, 6.07) is 0. The van der Waals surface area contributed by atoms with E-state index in [1.807, 2.05) is 0 Å². The van der Waals surface area contributed by atoms with Crippen LogP contribution in [0.3, 0.4) is 0 Å². The summed E-state index contributed by atoms with van der Waals surface area (Å²) in [5.74, 6) is 2.51. The van der Waals surface area contributed by atoms with Gasteiger partial charge in [0, 0.05) is 26.2 Å². The van der Waals surface area contributed by atoms with Crippen LogP contribution in [-0.4, -0.2) is 31.2 Å². The van der Waals surface area contributed by atoms with E-state index >= 15 is 0 Å². The normalized spacial score (nSPS) is 18.8. The second-order valence-electron chi connectivity index (χ2n) is 4.19. The van der Waals surface area contributed by atoms with Gasteiger partial charge in [0.2, 0.25) is 5.91 Å². The Morgan fingerprint density at radius 1 is 1.44 bits per heavy atom. The lowest BCUT2D eigenvalue weighted by Gasteiger charge is -2.31. The number of rotatable bonds is 5. The third kappa shape index (κ3) is 3.84. The van der Waals surface area contributed by atoms with Gasteiger partial charge in [0.05, 0.1) is 5.54 Å². The molecule has 0 saturated carbocycles. The molecule has 0 radical (unpaired) electrons.